The fourth-order valence-corrected chi connectivity index (χ4v) is 2.72. The van der Waals surface area contributed by atoms with Gasteiger partial charge in [-0.05, 0) is 23.4 Å². The third kappa shape index (κ3) is 3.59. The van der Waals surface area contributed by atoms with E-state index in [2.05, 4.69) is 16.9 Å². The van der Waals surface area contributed by atoms with E-state index in [4.69, 9.17) is 23.2 Å². The predicted molar refractivity (Wildman–Crippen MR) is 79.3 cm³/mol. The molecule has 1 aromatic carbocycles. The van der Waals surface area contributed by atoms with E-state index in [1.54, 1.807) is 23.9 Å². The van der Waals surface area contributed by atoms with Crippen LogP contribution in [0.15, 0.2) is 24.3 Å². The lowest BCUT2D eigenvalue weighted by Gasteiger charge is -2.08. The first-order valence-electron chi connectivity index (χ1n) is 5.67. The van der Waals surface area contributed by atoms with Crippen LogP contribution < -0.4 is 0 Å². The molecule has 19 heavy (non-hydrogen) atoms. The van der Waals surface area contributed by atoms with Crippen molar-refractivity contribution in [3.63, 3.8) is 0 Å². The van der Waals surface area contributed by atoms with Crippen LogP contribution in [0.3, 0.4) is 0 Å². The van der Waals surface area contributed by atoms with Gasteiger partial charge in [0.15, 0.2) is 0 Å². The van der Waals surface area contributed by atoms with Crippen LogP contribution in [0.5, 0.6) is 0 Å². The summed E-state index contributed by atoms with van der Waals surface area (Å²) in [6, 6.07) is 5.91. The first-order chi connectivity index (χ1) is 9.11. The molecule has 0 fully saturated rings. The molecule has 2 nitrogen and oxygen atoms in total. The van der Waals surface area contributed by atoms with Gasteiger partial charge in [0, 0.05) is 0 Å². The van der Waals surface area contributed by atoms with Gasteiger partial charge in [-0.2, -0.15) is 11.8 Å². The van der Waals surface area contributed by atoms with Gasteiger partial charge < -0.3 is 0 Å². The van der Waals surface area contributed by atoms with Gasteiger partial charge in [0.05, 0.1) is 11.3 Å². The lowest BCUT2D eigenvalue weighted by atomic mass is 10.1. The van der Waals surface area contributed by atoms with E-state index in [9.17, 15) is 4.39 Å². The fourth-order valence-electron chi connectivity index (χ4n) is 1.56. The highest BCUT2D eigenvalue weighted by Gasteiger charge is 2.13. The Morgan fingerprint density at radius 2 is 1.68 bits per heavy atom. The van der Waals surface area contributed by atoms with Crippen LogP contribution >= 0.6 is 35.0 Å². The summed E-state index contributed by atoms with van der Waals surface area (Å²) in [6.45, 7) is 2.06. The Bertz CT molecular complexity index is 552. The molecule has 0 amide bonds. The first kappa shape index (κ1) is 14.6. The second-order valence-corrected chi connectivity index (χ2v) is 5.73. The van der Waals surface area contributed by atoms with Gasteiger partial charge in [0.2, 0.25) is 0 Å². The van der Waals surface area contributed by atoms with Gasteiger partial charge in [0.1, 0.15) is 21.9 Å². The summed E-state index contributed by atoms with van der Waals surface area (Å²) in [5.41, 5.74) is 1.24. The zero-order valence-electron chi connectivity index (χ0n) is 10.2. The number of benzene rings is 1. The summed E-state index contributed by atoms with van der Waals surface area (Å²) in [5.74, 6) is 1.93. The van der Waals surface area contributed by atoms with E-state index in [0.717, 1.165) is 5.75 Å². The van der Waals surface area contributed by atoms with Crippen molar-refractivity contribution in [1.82, 2.24) is 9.97 Å². The largest absolute Gasteiger partial charge is 0.220 e. The Balaban J connectivity index is 2.38. The molecule has 100 valence electrons. The Kier molecular flexibility index (Phi) is 5.02. The Morgan fingerprint density at radius 3 is 2.21 bits per heavy atom. The Morgan fingerprint density at radius 1 is 1.11 bits per heavy atom. The van der Waals surface area contributed by atoms with Crippen molar-refractivity contribution in [1.29, 1.82) is 0 Å². The average Bonchev–Trinajstić information content (AvgIpc) is 2.38. The second kappa shape index (κ2) is 6.55. The quantitative estimate of drug-likeness (QED) is 0.754. The first-order valence-corrected chi connectivity index (χ1v) is 7.58. The molecule has 0 saturated carbocycles. The number of aromatic nitrogens is 2. The fraction of sp³-hybridized carbons (Fsp3) is 0.231. The van der Waals surface area contributed by atoms with Crippen molar-refractivity contribution in [2.24, 2.45) is 0 Å². The van der Waals surface area contributed by atoms with Crippen molar-refractivity contribution in [2.75, 3.05) is 5.75 Å². The van der Waals surface area contributed by atoms with Gasteiger partial charge in [-0.15, -0.1) is 0 Å². The molecule has 1 aromatic heterocycles. The Labute approximate surface area is 125 Å². The van der Waals surface area contributed by atoms with Crippen LogP contribution in [0.4, 0.5) is 4.39 Å². The van der Waals surface area contributed by atoms with Crippen LogP contribution in [0.2, 0.25) is 10.3 Å². The van der Waals surface area contributed by atoms with Crippen molar-refractivity contribution < 1.29 is 4.39 Å². The van der Waals surface area contributed by atoms with Crippen LogP contribution in [-0.2, 0) is 5.75 Å². The molecule has 0 radical (unpaired) electrons. The van der Waals surface area contributed by atoms with Crippen molar-refractivity contribution in [3.05, 3.63) is 46.2 Å². The van der Waals surface area contributed by atoms with Gasteiger partial charge in [-0.1, -0.05) is 42.3 Å². The molecule has 0 aliphatic heterocycles. The highest BCUT2D eigenvalue weighted by molar-refractivity contribution is 7.98. The molecule has 0 bridgehead atoms. The van der Waals surface area contributed by atoms with Gasteiger partial charge >= 0.3 is 0 Å². The maximum Gasteiger partial charge on any atom is 0.142 e. The maximum atomic E-state index is 12.9. The highest BCUT2D eigenvalue weighted by Crippen LogP contribution is 2.32. The molecule has 6 heteroatoms. The zero-order chi connectivity index (χ0) is 13.8. The number of hydrogen-bond acceptors (Lipinski definition) is 3. The molecule has 0 N–H and O–H groups in total. The average molecular weight is 317 g/mol. The van der Waals surface area contributed by atoms with E-state index in [0.29, 0.717) is 33.0 Å². The van der Waals surface area contributed by atoms with E-state index < -0.39 is 0 Å². The van der Waals surface area contributed by atoms with Gasteiger partial charge in [-0.3, -0.25) is 0 Å². The lowest BCUT2D eigenvalue weighted by molar-refractivity contribution is 0.628. The molecular weight excluding hydrogens is 306 g/mol. The predicted octanol–water partition coefficient (Wildman–Crippen LogP) is 4.84. The highest BCUT2D eigenvalue weighted by atomic mass is 35.5. The molecule has 2 aromatic rings. The molecule has 1 heterocycles. The normalized spacial score (nSPS) is 10.7. The number of nitrogens with zero attached hydrogens (tertiary/aromatic N) is 2. The minimum Gasteiger partial charge on any atom is -0.220 e. The third-order valence-electron chi connectivity index (χ3n) is 2.44. The van der Waals surface area contributed by atoms with Crippen LogP contribution in [0, 0.1) is 5.82 Å². The summed E-state index contributed by atoms with van der Waals surface area (Å²) in [4.78, 5) is 8.45. The lowest BCUT2D eigenvalue weighted by Crippen LogP contribution is -1.97. The minimum absolute atomic E-state index is 0.290. The Hall–Kier alpha value is -0.840. The van der Waals surface area contributed by atoms with Gasteiger partial charge in [0.25, 0.3) is 0 Å². The second-order valence-electron chi connectivity index (χ2n) is 3.74. The van der Waals surface area contributed by atoms with Crippen molar-refractivity contribution in [3.8, 4) is 11.1 Å². The summed E-state index contributed by atoms with van der Waals surface area (Å²) in [6.07, 6.45) is 0. The topological polar surface area (TPSA) is 25.8 Å². The summed E-state index contributed by atoms with van der Waals surface area (Å²) in [7, 11) is 0. The van der Waals surface area contributed by atoms with E-state index >= 15 is 0 Å². The van der Waals surface area contributed by atoms with E-state index in [1.165, 1.54) is 12.1 Å². The molecular formula is C13H11Cl2FN2S. The number of hydrogen-bond donors (Lipinski definition) is 0. The maximum absolute atomic E-state index is 12.9. The summed E-state index contributed by atoms with van der Waals surface area (Å²) in [5, 5.41) is 0.580. The van der Waals surface area contributed by atoms with E-state index in [-0.39, 0.29) is 5.82 Å². The monoisotopic (exact) mass is 316 g/mol. The molecule has 0 saturated heterocycles. The standard InChI is InChI=1S/C13H11Cl2FN2S/c1-2-19-7-10-17-12(14)11(13(15)18-10)8-3-5-9(16)6-4-8/h3-6H,2,7H2,1H3. The van der Waals surface area contributed by atoms with Crippen LogP contribution in [-0.4, -0.2) is 15.7 Å². The molecule has 0 spiro atoms. The molecule has 2 rings (SSSR count). The molecule has 0 unspecified atom stereocenters. The molecule has 0 aliphatic rings. The van der Waals surface area contributed by atoms with Crippen molar-refractivity contribution >= 4 is 35.0 Å². The molecule has 0 aliphatic carbocycles. The number of thioether (sulfide) groups is 1. The molecule has 0 atom stereocenters. The number of halogens is 3. The minimum atomic E-state index is -0.312. The van der Waals surface area contributed by atoms with Crippen LogP contribution in [0.25, 0.3) is 11.1 Å². The van der Waals surface area contributed by atoms with Gasteiger partial charge in [-0.25, -0.2) is 14.4 Å². The van der Waals surface area contributed by atoms with Crippen LogP contribution in [0.1, 0.15) is 12.7 Å². The van der Waals surface area contributed by atoms with Crippen molar-refractivity contribution in [2.45, 2.75) is 12.7 Å². The zero-order valence-corrected chi connectivity index (χ0v) is 12.5. The summed E-state index contributed by atoms with van der Waals surface area (Å²) >= 11 is 14.0. The smallest absolute Gasteiger partial charge is 0.142 e. The summed E-state index contributed by atoms with van der Waals surface area (Å²) < 4.78 is 12.9. The number of rotatable bonds is 4. The third-order valence-corrected chi connectivity index (χ3v) is 3.85. The SMILES string of the molecule is CCSCc1nc(Cl)c(-c2ccc(F)cc2)c(Cl)n1. The van der Waals surface area contributed by atoms with E-state index in [1.807, 2.05) is 0 Å².